The van der Waals surface area contributed by atoms with E-state index in [0.29, 0.717) is 41.9 Å². The number of amides is 1. The van der Waals surface area contributed by atoms with Gasteiger partial charge in [0.25, 0.3) is 0 Å². The van der Waals surface area contributed by atoms with Crippen molar-refractivity contribution in [2.75, 3.05) is 25.9 Å². The van der Waals surface area contributed by atoms with Crippen LogP contribution in [0, 0.1) is 5.82 Å². The average Bonchev–Trinajstić information content (AvgIpc) is 3.36. The second-order valence-corrected chi connectivity index (χ2v) is 9.07. The van der Waals surface area contributed by atoms with Gasteiger partial charge in [-0.3, -0.25) is 4.79 Å². The molecule has 2 aromatic heterocycles. The molecule has 10 heteroatoms. The monoisotopic (exact) mass is 478 g/mol. The summed E-state index contributed by atoms with van der Waals surface area (Å²) in [6.07, 6.45) is 1.41. The van der Waals surface area contributed by atoms with Gasteiger partial charge >= 0.3 is 0 Å². The smallest absolute Gasteiger partial charge is 0.244 e. The molecule has 2 aromatic carbocycles. The maximum Gasteiger partial charge on any atom is 0.244 e. The van der Waals surface area contributed by atoms with E-state index in [1.165, 1.54) is 23.5 Å². The zero-order chi connectivity index (χ0) is 23.7. The minimum atomic E-state index is -0.340. The van der Waals surface area contributed by atoms with Crippen molar-refractivity contribution < 1.29 is 13.9 Å². The number of nitrogens with two attached hydrogens (primary N) is 1. The number of fused-ring (bicyclic) bond motifs is 1. The van der Waals surface area contributed by atoms with Crippen molar-refractivity contribution in [3.63, 3.8) is 0 Å². The van der Waals surface area contributed by atoms with Crippen LogP contribution in [0.25, 0.3) is 22.8 Å². The summed E-state index contributed by atoms with van der Waals surface area (Å²) in [7, 11) is 1.60. The molecule has 0 aliphatic carbocycles. The summed E-state index contributed by atoms with van der Waals surface area (Å²) in [5, 5.41) is 5.20. The van der Waals surface area contributed by atoms with E-state index in [-0.39, 0.29) is 18.3 Å². The Bertz CT molecular complexity index is 1290. The van der Waals surface area contributed by atoms with Crippen LogP contribution in [0.15, 0.2) is 48.5 Å². The number of aromatic nitrogens is 4. The molecule has 1 amide bonds. The molecule has 0 spiro atoms. The lowest BCUT2D eigenvalue weighted by molar-refractivity contribution is -0.131. The van der Waals surface area contributed by atoms with Crippen LogP contribution in [0.4, 0.5) is 9.52 Å². The number of carbonyl (C=O) groups is 1. The third-order valence-electron chi connectivity index (χ3n) is 5.78. The van der Waals surface area contributed by atoms with E-state index in [0.717, 1.165) is 28.3 Å². The molecule has 0 saturated carbocycles. The number of methoxy groups -OCH3 is 1. The average molecular weight is 479 g/mol. The lowest BCUT2D eigenvalue weighted by Gasteiger charge is -2.20. The van der Waals surface area contributed by atoms with Crippen molar-refractivity contribution in [2.24, 2.45) is 0 Å². The summed E-state index contributed by atoms with van der Waals surface area (Å²) in [4.78, 5) is 25.3. The molecular weight excluding hydrogens is 455 g/mol. The van der Waals surface area contributed by atoms with E-state index in [1.54, 1.807) is 23.9 Å². The lowest BCUT2D eigenvalue weighted by Crippen LogP contribution is -2.36. The second-order valence-electron chi connectivity index (χ2n) is 7.95. The lowest BCUT2D eigenvalue weighted by atomic mass is 10.2. The fourth-order valence-corrected chi connectivity index (χ4v) is 4.86. The van der Waals surface area contributed by atoms with E-state index >= 15 is 0 Å². The Morgan fingerprint density at radius 2 is 1.76 bits per heavy atom. The van der Waals surface area contributed by atoms with Crippen LogP contribution in [-0.2, 0) is 24.2 Å². The molecule has 0 bridgehead atoms. The molecule has 2 N–H and O–H groups in total. The molecule has 0 unspecified atom stereocenters. The molecule has 1 aliphatic rings. The molecule has 5 rings (SSSR count). The molecule has 0 saturated heterocycles. The van der Waals surface area contributed by atoms with Gasteiger partial charge in [-0.05, 0) is 48.5 Å². The van der Waals surface area contributed by atoms with Gasteiger partial charge in [0.05, 0.1) is 12.8 Å². The van der Waals surface area contributed by atoms with Gasteiger partial charge in [0.15, 0.2) is 16.8 Å². The van der Waals surface area contributed by atoms with Crippen LogP contribution in [0.1, 0.15) is 10.6 Å². The number of benzene rings is 2. The molecule has 174 valence electrons. The van der Waals surface area contributed by atoms with E-state index in [4.69, 9.17) is 10.5 Å². The highest BCUT2D eigenvalue weighted by Crippen LogP contribution is 2.26. The largest absolute Gasteiger partial charge is 0.497 e. The highest BCUT2D eigenvalue weighted by molar-refractivity contribution is 7.15. The minimum Gasteiger partial charge on any atom is -0.497 e. The van der Waals surface area contributed by atoms with Gasteiger partial charge in [-0.2, -0.15) is 0 Å². The summed E-state index contributed by atoms with van der Waals surface area (Å²) in [6, 6.07) is 13.4. The van der Waals surface area contributed by atoms with E-state index in [1.807, 2.05) is 29.2 Å². The second kappa shape index (κ2) is 9.22. The molecule has 0 atom stereocenters. The molecule has 34 heavy (non-hydrogen) atoms. The number of ether oxygens (including phenoxy) is 1. The number of rotatable bonds is 5. The first kappa shape index (κ1) is 22.0. The number of nitrogens with zero attached hydrogens (tertiary/aromatic N) is 5. The third-order valence-corrected chi connectivity index (χ3v) is 6.77. The Labute approximate surface area is 199 Å². The Kier molecular flexibility index (Phi) is 5.97. The van der Waals surface area contributed by atoms with Gasteiger partial charge in [-0.1, -0.05) is 0 Å². The molecule has 3 heterocycles. The first-order chi connectivity index (χ1) is 16.5. The molecule has 0 radical (unpaired) electrons. The summed E-state index contributed by atoms with van der Waals surface area (Å²) >= 11 is 1.49. The molecule has 0 fully saturated rings. The summed E-state index contributed by atoms with van der Waals surface area (Å²) in [6.45, 7) is 1.19. The maximum absolute atomic E-state index is 13.5. The first-order valence-electron chi connectivity index (χ1n) is 10.9. The molecule has 8 nitrogen and oxygen atoms in total. The number of thiazole rings is 1. The quantitative estimate of drug-likeness (QED) is 0.472. The van der Waals surface area contributed by atoms with E-state index in [9.17, 15) is 9.18 Å². The van der Waals surface area contributed by atoms with Crippen LogP contribution in [0.2, 0.25) is 0 Å². The fraction of sp³-hybridized carbons (Fsp3) is 0.250. The third kappa shape index (κ3) is 4.49. The van der Waals surface area contributed by atoms with Crippen LogP contribution in [-0.4, -0.2) is 50.8 Å². The van der Waals surface area contributed by atoms with Crippen LogP contribution < -0.4 is 10.5 Å². The highest BCUT2D eigenvalue weighted by Gasteiger charge is 2.23. The van der Waals surface area contributed by atoms with Crippen molar-refractivity contribution in [3.05, 3.63) is 64.9 Å². The number of hydrogen-bond donors (Lipinski definition) is 1. The van der Waals surface area contributed by atoms with Crippen molar-refractivity contribution >= 4 is 22.4 Å². The standard InChI is InChI=1S/C24H23FN6O2S/c1-33-18-8-4-15(5-9-18)22-28-23(16-2-6-17(25)7-3-16)31(29-22)14-21(32)30-12-10-19-20(11-13-30)34-24(26)27-19/h2-9H,10-14H2,1H3,(H2,26,27). The SMILES string of the molecule is COc1ccc(-c2nc(-c3ccc(F)cc3)n(CC(=O)N3CCc4nc(N)sc4CC3)n2)cc1. The summed E-state index contributed by atoms with van der Waals surface area (Å²) < 4.78 is 20.3. The van der Waals surface area contributed by atoms with Gasteiger partial charge in [-0.15, -0.1) is 16.4 Å². The normalized spacial score (nSPS) is 13.4. The maximum atomic E-state index is 13.5. The van der Waals surface area contributed by atoms with Gasteiger partial charge in [0.1, 0.15) is 18.1 Å². The summed E-state index contributed by atoms with van der Waals surface area (Å²) in [5.41, 5.74) is 8.28. The minimum absolute atomic E-state index is 0.0269. The van der Waals surface area contributed by atoms with Gasteiger partial charge in [0.2, 0.25) is 5.91 Å². The highest BCUT2D eigenvalue weighted by atomic mass is 32.1. The number of halogens is 1. The molecular formula is C24H23FN6O2S. The predicted molar refractivity (Wildman–Crippen MR) is 128 cm³/mol. The fourth-order valence-electron chi connectivity index (χ4n) is 3.99. The molecule has 1 aliphatic heterocycles. The number of anilines is 1. The van der Waals surface area contributed by atoms with Crippen LogP contribution in [0.5, 0.6) is 5.75 Å². The summed E-state index contributed by atoms with van der Waals surface area (Å²) in [5.74, 6) is 1.31. The van der Waals surface area contributed by atoms with Crippen molar-refractivity contribution in [3.8, 4) is 28.5 Å². The Morgan fingerprint density at radius 3 is 2.50 bits per heavy atom. The first-order valence-corrected chi connectivity index (χ1v) is 11.7. The van der Waals surface area contributed by atoms with Crippen LogP contribution >= 0.6 is 11.3 Å². The number of nitrogen functional groups attached to an aromatic ring is 1. The zero-order valence-corrected chi connectivity index (χ0v) is 19.4. The topological polar surface area (TPSA) is 99.2 Å². The van der Waals surface area contributed by atoms with Crippen molar-refractivity contribution in [1.82, 2.24) is 24.6 Å². The van der Waals surface area contributed by atoms with Gasteiger partial charge in [-0.25, -0.2) is 19.0 Å². The van der Waals surface area contributed by atoms with Crippen molar-refractivity contribution in [1.29, 1.82) is 0 Å². The predicted octanol–water partition coefficient (Wildman–Crippen LogP) is 3.43. The number of carbonyl (C=O) groups excluding carboxylic acids is 1. The Hall–Kier alpha value is -3.79. The molecule has 4 aromatic rings. The van der Waals surface area contributed by atoms with E-state index in [2.05, 4.69) is 15.1 Å². The number of hydrogen-bond acceptors (Lipinski definition) is 7. The van der Waals surface area contributed by atoms with Crippen LogP contribution in [0.3, 0.4) is 0 Å². The zero-order valence-electron chi connectivity index (χ0n) is 18.6. The van der Waals surface area contributed by atoms with E-state index < -0.39 is 0 Å². The van der Waals surface area contributed by atoms with Crippen molar-refractivity contribution in [2.45, 2.75) is 19.4 Å². The Morgan fingerprint density at radius 1 is 1.06 bits per heavy atom. The van der Waals surface area contributed by atoms with Gasteiger partial charge in [0, 0.05) is 41.9 Å². The Balaban J connectivity index is 1.42. The van der Waals surface area contributed by atoms with Gasteiger partial charge < -0.3 is 15.4 Å².